The molecule has 0 fully saturated rings. The van der Waals surface area contributed by atoms with E-state index in [4.69, 9.17) is 16.2 Å². The molecule has 0 aliphatic heterocycles. The van der Waals surface area contributed by atoms with Crippen molar-refractivity contribution in [1.29, 1.82) is 0 Å². The van der Waals surface area contributed by atoms with Gasteiger partial charge in [0, 0.05) is 22.9 Å². The lowest BCUT2D eigenvalue weighted by atomic mass is 10.1. The van der Waals surface area contributed by atoms with E-state index in [1.165, 1.54) is 49.6 Å². The highest BCUT2D eigenvalue weighted by Gasteiger charge is 2.12. The SMILES string of the molecule is COc1cc(C=CC(=O)Nc2cc(C(N)=O)cc(C(N)=O)c2)ccc1OC(F)F. The predicted octanol–water partition coefficient (Wildman–Crippen LogP) is 2.15. The smallest absolute Gasteiger partial charge is 0.387 e. The zero-order chi connectivity index (χ0) is 21.6. The lowest BCUT2D eigenvalue weighted by Gasteiger charge is -2.10. The molecule has 2 rings (SSSR count). The van der Waals surface area contributed by atoms with Gasteiger partial charge in [0.1, 0.15) is 0 Å². The van der Waals surface area contributed by atoms with Gasteiger partial charge in [-0.1, -0.05) is 6.07 Å². The molecule has 0 unspecified atom stereocenters. The zero-order valence-corrected chi connectivity index (χ0v) is 15.1. The van der Waals surface area contributed by atoms with Crippen LogP contribution in [0.15, 0.2) is 42.5 Å². The first-order chi connectivity index (χ1) is 13.7. The van der Waals surface area contributed by atoms with Crippen molar-refractivity contribution in [3.05, 3.63) is 59.2 Å². The van der Waals surface area contributed by atoms with Crippen molar-refractivity contribution in [2.45, 2.75) is 6.61 Å². The van der Waals surface area contributed by atoms with Crippen molar-refractivity contribution in [2.24, 2.45) is 11.5 Å². The maximum Gasteiger partial charge on any atom is 0.387 e. The van der Waals surface area contributed by atoms with Crippen molar-refractivity contribution in [3.8, 4) is 11.5 Å². The van der Waals surface area contributed by atoms with Crippen LogP contribution in [0.1, 0.15) is 26.3 Å². The number of hydrogen-bond acceptors (Lipinski definition) is 5. The number of nitrogens with two attached hydrogens (primary N) is 2. The minimum atomic E-state index is -3.00. The molecule has 0 spiro atoms. The number of amides is 3. The number of carbonyl (C=O) groups is 3. The van der Waals surface area contributed by atoms with E-state index in [-0.39, 0.29) is 28.3 Å². The van der Waals surface area contributed by atoms with Crippen molar-refractivity contribution in [2.75, 3.05) is 12.4 Å². The molecule has 152 valence electrons. The van der Waals surface area contributed by atoms with Gasteiger partial charge in [-0.15, -0.1) is 0 Å². The van der Waals surface area contributed by atoms with Crippen molar-refractivity contribution >= 4 is 29.5 Å². The summed E-state index contributed by atoms with van der Waals surface area (Å²) in [7, 11) is 1.29. The fourth-order valence-corrected chi connectivity index (χ4v) is 2.32. The highest BCUT2D eigenvalue weighted by molar-refractivity contribution is 6.05. The number of carbonyl (C=O) groups excluding carboxylic acids is 3. The number of methoxy groups -OCH3 is 1. The topological polar surface area (TPSA) is 134 Å². The highest BCUT2D eigenvalue weighted by Crippen LogP contribution is 2.29. The Hall–Kier alpha value is -3.95. The number of alkyl halides is 2. The molecule has 0 aliphatic rings. The van der Waals surface area contributed by atoms with Crippen LogP contribution in [0.25, 0.3) is 6.08 Å². The van der Waals surface area contributed by atoms with Gasteiger partial charge in [-0.25, -0.2) is 0 Å². The first kappa shape index (κ1) is 21.4. The number of primary amides is 2. The van der Waals surface area contributed by atoms with Crippen LogP contribution in [0.2, 0.25) is 0 Å². The Morgan fingerprint density at radius 3 is 2.14 bits per heavy atom. The van der Waals surface area contributed by atoms with Gasteiger partial charge in [-0.2, -0.15) is 8.78 Å². The van der Waals surface area contributed by atoms with E-state index in [0.717, 1.165) is 6.08 Å². The molecule has 0 saturated heterocycles. The normalized spacial score (nSPS) is 10.8. The molecule has 0 aliphatic carbocycles. The van der Waals surface area contributed by atoms with Crippen LogP contribution >= 0.6 is 0 Å². The largest absolute Gasteiger partial charge is 0.493 e. The summed E-state index contributed by atoms with van der Waals surface area (Å²) < 4.78 is 34.0. The molecule has 2 aromatic carbocycles. The van der Waals surface area contributed by atoms with Gasteiger partial charge in [-0.3, -0.25) is 14.4 Å². The quantitative estimate of drug-likeness (QED) is 0.579. The molecular weight excluding hydrogens is 388 g/mol. The Labute approximate surface area is 164 Å². The molecule has 5 N–H and O–H groups in total. The molecule has 0 aromatic heterocycles. The number of rotatable bonds is 8. The molecular formula is C19H17F2N3O5. The van der Waals surface area contributed by atoms with Gasteiger partial charge in [0.05, 0.1) is 7.11 Å². The second kappa shape index (κ2) is 9.31. The Morgan fingerprint density at radius 1 is 1.00 bits per heavy atom. The van der Waals surface area contributed by atoms with E-state index in [1.807, 2.05) is 0 Å². The minimum absolute atomic E-state index is 0.0000604. The maximum atomic E-state index is 12.4. The number of ether oxygens (including phenoxy) is 2. The first-order valence-corrected chi connectivity index (χ1v) is 8.06. The van der Waals surface area contributed by atoms with Crippen molar-refractivity contribution in [1.82, 2.24) is 0 Å². The van der Waals surface area contributed by atoms with Gasteiger partial charge >= 0.3 is 6.61 Å². The molecule has 0 heterocycles. The Bertz CT molecular complexity index is 944. The van der Waals surface area contributed by atoms with Crippen LogP contribution < -0.4 is 26.3 Å². The van der Waals surface area contributed by atoms with E-state index in [0.29, 0.717) is 5.56 Å². The zero-order valence-electron chi connectivity index (χ0n) is 15.1. The van der Waals surface area contributed by atoms with Crippen molar-refractivity contribution in [3.63, 3.8) is 0 Å². The van der Waals surface area contributed by atoms with E-state index in [9.17, 15) is 23.2 Å². The summed E-state index contributed by atoms with van der Waals surface area (Å²) in [4.78, 5) is 34.8. The summed E-state index contributed by atoms with van der Waals surface area (Å²) in [6.07, 6.45) is 2.56. The monoisotopic (exact) mass is 405 g/mol. The molecule has 3 amide bonds. The highest BCUT2D eigenvalue weighted by atomic mass is 19.3. The van der Waals surface area contributed by atoms with E-state index in [2.05, 4.69) is 10.1 Å². The molecule has 0 radical (unpaired) electrons. The van der Waals surface area contributed by atoms with Crippen LogP contribution in [0, 0.1) is 0 Å². The number of hydrogen-bond donors (Lipinski definition) is 3. The number of halogens is 2. The van der Waals surface area contributed by atoms with Crippen LogP contribution in [-0.2, 0) is 4.79 Å². The third-order valence-electron chi connectivity index (χ3n) is 3.60. The summed E-state index contributed by atoms with van der Waals surface area (Å²) in [6, 6.07) is 7.92. The average Bonchev–Trinajstić information content (AvgIpc) is 2.66. The van der Waals surface area contributed by atoms with Crippen molar-refractivity contribution < 1.29 is 32.6 Å². The van der Waals surface area contributed by atoms with Gasteiger partial charge in [0.2, 0.25) is 17.7 Å². The lowest BCUT2D eigenvalue weighted by Crippen LogP contribution is -2.17. The minimum Gasteiger partial charge on any atom is -0.493 e. The number of anilines is 1. The average molecular weight is 405 g/mol. The fourth-order valence-electron chi connectivity index (χ4n) is 2.32. The molecule has 8 nitrogen and oxygen atoms in total. The molecule has 0 atom stereocenters. The van der Waals surface area contributed by atoms with Gasteiger partial charge in [-0.05, 0) is 42.0 Å². The summed E-state index contributed by atoms with van der Waals surface area (Å²) in [5, 5.41) is 2.47. The number of benzene rings is 2. The summed E-state index contributed by atoms with van der Waals surface area (Å²) in [5.41, 5.74) is 11.0. The molecule has 0 bridgehead atoms. The standard InChI is InChI=1S/C19H17F2N3O5/c1-28-15-6-10(2-4-14(15)29-19(20)21)3-5-16(25)24-13-8-11(17(22)26)7-12(9-13)18(23)27/h2-9,19H,1H3,(H2,22,26)(H2,23,27)(H,24,25). The molecule has 29 heavy (non-hydrogen) atoms. The lowest BCUT2D eigenvalue weighted by molar-refractivity contribution is -0.111. The van der Waals surface area contributed by atoms with Gasteiger partial charge in [0.25, 0.3) is 0 Å². The van der Waals surface area contributed by atoms with E-state index >= 15 is 0 Å². The van der Waals surface area contributed by atoms with Gasteiger partial charge in [0.15, 0.2) is 11.5 Å². The van der Waals surface area contributed by atoms with Crippen LogP contribution in [0.3, 0.4) is 0 Å². The molecule has 0 saturated carbocycles. The second-order valence-electron chi connectivity index (χ2n) is 5.64. The van der Waals surface area contributed by atoms with E-state index < -0.39 is 24.3 Å². The first-order valence-electron chi connectivity index (χ1n) is 8.06. The van der Waals surface area contributed by atoms with Crippen LogP contribution in [0.5, 0.6) is 11.5 Å². The summed E-state index contributed by atoms with van der Waals surface area (Å²) in [5.74, 6) is -2.26. The fraction of sp³-hybridized carbons (Fsp3) is 0.105. The summed E-state index contributed by atoms with van der Waals surface area (Å²) >= 11 is 0. The Balaban J connectivity index is 2.17. The van der Waals surface area contributed by atoms with Gasteiger partial charge < -0.3 is 26.3 Å². The second-order valence-corrected chi connectivity index (χ2v) is 5.64. The Kier molecular flexibility index (Phi) is 6.85. The molecule has 2 aromatic rings. The third kappa shape index (κ3) is 6.03. The number of nitrogens with one attached hydrogen (secondary N) is 1. The third-order valence-corrected chi connectivity index (χ3v) is 3.60. The molecule has 10 heteroatoms. The van der Waals surface area contributed by atoms with Crippen LogP contribution in [-0.4, -0.2) is 31.4 Å². The van der Waals surface area contributed by atoms with E-state index in [1.54, 1.807) is 0 Å². The summed E-state index contributed by atoms with van der Waals surface area (Å²) in [6.45, 7) is -3.00. The maximum absolute atomic E-state index is 12.4. The van der Waals surface area contributed by atoms with Crippen LogP contribution in [0.4, 0.5) is 14.5 Å². The predicted molar refractivity (Wildman–Crippen MR) is 101 cm³/mol. The Morgan fingerprint density at radius 2 is 1.62 bits per heavy atom.